The maximum absolute atomic E-state index is 11.4. The van der Waals surface area contributed by atoms with Crippen molar-refractivity contribution in [2.45, 2.75) is 45.5 Å². The molecule has 0 amide bonds. The summed E-state index contributed by atoms with van der Waals surface area (Å²) in [6.07, 6.45) is 2.48. The lowest BCUT2D eigenvalue weighted by molar-refractivity contribution is -0.332. The second-order valence-electron chi connectivity index (χ2n) is 3.60. The molecule has 1 aliphatic heterocycles. The highest BCUT2D eigenvalue weighted by Crippen LogP contribution is 2.26. The van der Waals surface area contributed by atoms with Crippen LogP contribution in [0.1, 0.15) is 39.5 Å². The van der Waals surface area contributed by atoms with Crippen molar-refractivity contribution in [3.63, 3.8) is 0 Å². The number of carbonyl (C=O) groups excluding carboxylic acids is 1. The molecule has 0 atom stereocenters. The van der Waals surface area contributed by atoms with Crippen LogP contribution >= 0.6 is 0 Å². The molecule has 15 heavy (non-hydrogen) atoms. The van der Waals surface area contributed by atoms with E-state index in [0.717, 1.165) is 6.42 Å². The summed E-state index contributed by atoms with van der Waals surface area (Å²) < 4.78 is 16.2. The lowest BCUT2D eigenvalue weighted by Crippen LogP contribution is -2.34. The number of Topliss-reactive ketones (excluding diaryl/α,β-unsaturated/α-hetero) is 1. The van der Waals surface area contributed by atoms with Gasteiger partial charge in [-0.25, -0.2) is 0 Å². The zero-order valence-electron chi connectivity index (χ0n) is 9.58. The van der Waals surface area contributed by atoms with Crippen LogP contribution in [0.3, 0.4) is 0 Å². The van der Waals surface area contributed by atoms with Gasteiger partial charge in [0.2, 0.25) is 0 Å². The number of rotatable bonds is 7. The van der Waals surface area contributed by atoms with E-state index in [1.807, 2.05) is 13.8 Å². The van der Waals surface area contributed by atoms with Crippen LogP contribution in [0.2, 0.25) is 0 Å². The van der Waals surface area contributed by atoms with Gasteiger partial charge in [0.15, 0.2) is 0 Å². The van der Waals surface area contributed by atoms with Crippen molar-refractivity contribution in [1.29, 1.82) is 0 Å². The maximum Gasteiger partial charge on any atom is 0.283 e. The number of ketones is 1. The average molecular weight is 216 g/mol. The molecule has 0 aromatic heterocycles. The molecule has 0 aromatic carbocycles. The van der Waals surface area contributed by atoms with Crippen molar-refractivity contribution in [2.75, 3.05) is 19.8 Å². The molecule has 0 saturated carbocycles. The third-order valence-electron chi connectivity index (χ3n) is 2.33. The van der Waals surface area contributed by atoms with Crippen molar-refractivity contribution in [2.24, 2.45) is 0 Å². The van der Waals surface area contributed by atoms with Crippen LogP contribution in [-0.4, -0.2) is 31.6 Å². The van der Waals surface area contributed by atoms with Gasteiger partial charge in [-0.15, -0.1) is 0 Å². The normalized spacial score (nSPS) is 19.3. The molecule has 1 saturated heterocycles. The van der Waals surface area contributed by atoms with Gasteiger partial charge in [-0.3, -0.25) is 4.79 Å². The number of hydrogen-bond acceptors (Lipinski definition) is 4. The molecule has 1 heterocycles. The highest BCUT2D eigenvalue weighted by Gasteiger charge is 2.37. The molecule has 1 fully saturated rings. The Kier molecular flexibility index (Phi) is 5.22. The van der Waals surface area contributed by atoms with Gasteiger partial charge in [-0.1, -0.05) is 6.92 Å². The summed E-state index contributed by atoms with van der Waals surface area (Å²) in [7, 11) is 0. The summed E-state index contributed by atoms with van der Waals surface area (Å²) in [6, 6.07) is 0. The van der Waals surface area contributed by atoms with Crippen LogP contribution in [0, 0.1) is 0 Å². The second kappa shape index (κ2) is 6.20. The first-order chi connectivity index (χ1) is 7.22. The second-order valence-corrected chi connectivity index (χ2v) is 3.60. The Hall–Kier alpha value is -0.450. The predicted octanol–water partition coefficient (Wildman–Crippen LogP) is 1.87. The van der Waals surface area contributed by atoms with Crippen LogP contribution in [0.25, 0.3) is 0 Å². The van der Waals surface area contributed by atoms with Crippen LogP contribution in [0.5, 0.6) is 0 Å². The Morgan fingerprint density at radius 3 is 2.47 bits per heavy atom. The van der Waals surface area contributed by atoms with Gasteiger partial charge in [0.25, 0.3) is 5.97 Å². The van der Waals surface area contributed by atoms with Crippen molar-refractivity contribution in [3.8, 4) is 0 Å². The molecule has 0 N–H and O–H groups in total. The minimum atomic E-state index is -0.946. The number of carbonyl (C=O) groups is 1. The van der Waals surface area contributed by atoms with Crippen molar-refractivity contribution in [1.82, 2.24) is 0 Å². The van der Waals surface area contributed by atoms with E-state index in [1.165, 1.54) is 0 Å². The van der Waals surface area contributed by atoms with Gasteiger partial charge in [-0.05, 0) is 13.3 Å². The third-order valence-corrected chi connectivity index (χ3v) is 2.33. The van der Waals surface area contributed by atoms with E-state index in [-0.39, 0.29) is 5.78 Å². The molecule has 0 bridgehead atoms. The van der Waals surface area contributed by atoms with Gasteiger partial charge < -0.3 is 14.2 Å². The summed E-state index contributed by atoms with van der Waals surface area (Å²) in [5.41, 5.74) is 0. The first-order valence-electron chi connectivity index (χ1n) is 5.66. The lowest BCUT2D eigenvalue weighted by atomic mass is 10.1. The highest BCUT2D eigenvalue weighted by atomic mass is 16.9. The molecular formula is C11H20O4. The quantitative estimate of drug-likeness (QED) is 0.651. The van der Waals surface area contributed by atoms with Gasteiger partial charge in [0, 0.05) is 25.9 Å². The smallest absolute Gasteiger partial charge is 0.283 e. The Morgan fingerprint density at radius 2 is 1.93 bits per heavy atom. The van der Waals surface area contributed by atoms with E-state index in [9.17, 15) is 4.79 Å². The fraction of sp³-hybridized carbons (Fsp3) is 0.909. The molecule has 0 aliphatic carbocycles. The predicted molar refractivity (Wildman–Crippen MR) is 55.4 cm³/mol. The van der Waals surface area contributed by atoms with Crippen LogP contribution < -0.4 is 0 Å². The Labute approximate surface area is 90.9 Å². The molecule has 4 heteroatoms. The van der Waals surface area contributed by atoms with E-state index < -0.39 is 5.97 Å². The maximum atomic E-state index is 11.4. The largest absolute Gasteiger partial charge is 0.328 e. The van der Waals surface area contributed by atoms with E-state index in [2.05, 4.69) is 0 Å². The summed E-state index contributed by atoms with van der Waals surface area (Å²) >= 11 is 0. The number of ether oxygens (including phenoxy) is 3. The van der Waals surface area contributed by atoms with Gasteiger partial charge in [0.05, 0.1) is 13.2 Å². The van der Waals surface area contributed by atoms with Gasteiger partial charge in [-0.2, -0.15) is 0 Å². The summed E-state index contributed by atoms with van der Waals surface area (Å²) in [6.45, 7) is 5.51. The molecule has 1 aliphatic rings. The van der Waals surface area contributed by atoms with E-state index >= 15 is 0 Å². The molecule has 0 spiro atoms. The van der Waals surface area contributed by atoms with E-state index in [1.54, 1.807) is 0 Å². The fourth-order valence-electron chi connectivity index (χ4n) is 1.65. The average Bonchev–Trinajstić information content (AvgIpc) is 2.65. The number of hydrogen-bond donors (Lipinski definition) is 0. The summed E-state index contributed by atoms with van der Waals surface area (Å²) in [4.78, 5) is 11.4. The molecule has 4 nitrogen and oxygen atoms in total. The highest BCUT2D eigenvalue weighted by molar-refractivity contribution is 5.78. The van der Waals surface area contributed by atoms with E-state index in [4.69, 9.17) is 14.2 Å². The van der Waals surface area contributed by atoms with Crippen molar-refractivity contribution >= 4 is 5.78 Å². The van der Waals surface area contributed by atoms with Crippen molar-refractivity contribution in [3.05, 3.63) is 0 Å². The summed E-state index contributed by atoms with van der Waals surface area (Å²) in [5, 5.41) is 0. The van der Waals surface area contributed by atoms with Crippen molar-refractivity contribution < 1.29 is 19.0 Å². The third kappa shape index (κ3) is 3.89. The molecule has 0 radical (unpaired) electrons. The monoisotopic (exact) mass is 216 g/mol. The molecule has 0 aromatic rings. The summed E-state index contributed by atoms with van der Waals surface area (Å²) in [5.74, 6) is -0.700. The minimum Gasteiger partial charge on any atom is -0.328 e. The minimum absolute atomic E-state index is 0.246. The topological polar surface area (TPSA) is 44.8 Å². The first-order valence-corrected chi connectivity index (χ1v) is 5.66. The Balaban J connectivity index is 2.35. The molecule has 0 unspecified atom stereocenters. The van der Waals surface area contributed by atoms with Gasteiger partial charge in [0.1, 0.15) is 5.78 Å². The van der Waals surface area contributed by atoms with Crippen LogP contribution in [0.4, 0.5) is 0 Å². The van der Waals surface area contributed by atoms with E-state index in [0.29, 0.717) is 39.1 Å². The zero-order chi connectivity index (χ0) is 11.1. The van der Waals surface area contributed by atoms with Gasteiger partial charge >= 0.3 is 0 Å². The fourth-order valence-corrected chi connectivity index (χ4v) is 1.65. The lowest BCUT2D eigenvalue weighted by Gasteiger charge is -2.26. The first kappa shape index (κ1) is 12.6. The van der Waals surface area contributed by atoms with Crippen LogP contribution in [0.15, 0.2) is 0 Å². The Morgan fingerprint density at radius 1 is 1.27 bits per heavy atom. The molecular weight excluding hydrogens is 196 g/mol. The molecule has 1 rings (SSSR count). The standard InChI is InChI=1S/C11H20O4/c1-3-5-10(12)6-7-11(13-4-2)14-8-9-15-11/h3-9H2,1-2H3. The Bertz CT molecular complexity index is 197. The zero-order valence-corrected chi connectivity index (χ0v) is 9.58. The SMILES string of the molecule is CCCC(=O)CCC1(OCC)OCCO1. The van der Waals surface area contributed by atoms with Crippen LogP contribution in [-0.2, 0) is 19.0 Å². The molecule has 88 valence electrons.